The van der Waals surface area contributed by atoms with Crippen molar-refractivity contribution in [3.63, 3.8) is 0 Å². The molecule has 25 heavy (non-hydrogen) atoms. The lowest BCUT2D eigenvalue weighted by atomic mass is 10.1. The molecule has 2 heterocycles. The van der Waals surface area contributed by atoms with Gasteiger partial charge in [-0.25, -0.2) is 0 Å². The van der Waals surface area contributed by atoms with Crippen molar-refractivity contribution < 1.29 is 9.32 Å². The van der Waals surface area contributed by atoms with Gasteiger partial charge in [0.05, 0.1) is 10.9 Å². The molecule has 0 bridgehead atoms. The number of amides is 1. The molecule has 3 aromatic rings. The number of hydrogen-bond acceptors (Lipinski definition) is 7. The molecule has 130 valence electrons. The van der Waals surface area contributed by atoms with Crippen LogP contribution in [0.15, 0.2) is 33.9 Å². The lowest BCUT2D eigenvalue weighted by molar-refractivity contribution is -0.115. The van der Waals surface area contributed by atoms with Crippen molar-refractivity contribution in [3.05, 3.63) is 41.2 Å². The maximum absolute atomic E-state index is 12.3. The van der Waals surface area contributed by atoms with Crippen LogP contribution in [0.5, 0.6) is 0 Å². The third kappa shape index (κ3) is 3.87. The predicted molar refractivity (Wildman–Crippen MR) is 93.8 cm³/mol. The van der Waals surface area contributed by atoms with Gasteiger partial charge in [0.2, 0.25) is 11.1 Å². The molecule has 0 saturated heterocycles. The van der Waals surface area contributed by atoms with Crippen molar-refractivity contribution in [1.29, 1.82) is 0 Å². The molecule has 0 spiro atoms. The predicted octanol–water partition coefficient (Wildman–Crippen LogP) is 2.69. The van der Waals surface area contributed by atoms with E-state index in [4.69, 9.17) is 4.52 Å². The van der Waals surface area contributed by atoms with E-state index in [0.29, 0.717) is 16.7 Å². The number of thioether (sulfide) groups is 1. The molecule has 0 aliphatic carbocycles. The fourth-order valence-electron chi connectivity index (χ4n) is 2.22. The van der Waals surface area contributed by atoms with E-state index >= 15 is 0 Å². The van der Waals surface area contributed by atoms with Crippen LogP contribution in [-0.2, 0) is 4.79 Å². The first-order valence-corrected chi connectivity index (χ1v) is 8.59. The normalized spacial score (nSPS) is 12.2. The Morgan fingerprint density at radius 1 is 1.28 bits per heavy atom. The molecule has 1 amide bonds. The van der Waals surface area contributed by atoms with Gasteiger partial charge >= 0.3 is 0 Å². The first kappa shape index (κ1) is 17.2. The van der Waals surface area contributed by atoms with Gasteiger partial charge in [0.1, 0.15) is 5.76 Å². The van der Waals surface area contributed by atoms with Crippen LogP contribution >= 0.6 is 11.8 Å². The number of nitrogens with zero attached hydrogens (tertiary/aromatic N) is 5. The van der Waals surface area contributed by atoms with Crippen molar-refractivity contribution in [2.45, 2.75) is 38.1 Å². The molecular formula is C16H18N6O2S. The van der Waals surface area contributed by atoms with E-state index in [-0.39, 0.29) is 5.91 Å². The number of carbonyl (C=O) groups excluding carboxylic acids is 1. The molecule has 0 aliphatic heterocycles. The van der Waals surface area contributed by atoms with Gasteiger partial charge in [0, 0.05) is 6.07 Å². The Bertz CT molecular complexity index is 904. The topological polar surface area (TPSA) is 98.7 Å². The number of anilines is 1. The second-order valence-corrected chi connectivity index (χ2v) is 7.04. The first-order chi connectivity index (χ1) is 11.9. The lowest BCUT2D eigenvalue weighted by Crippen LogP contribution is -2.23. The molecular weight excluding hydrogens is 340 g/mol. The van der Waals surface area contributed by atoms with E-state index in [9.17, 15) is 4.79 Å². The van der Waals surface area contributed by atoms with Crippen LogP contribution in [0.3, 0.4) is 0 Å². The van der Waals surface area contributed by atoms with Crippen molar-refractivity contribution >= 4 is 23.5 Å². The zero-order chi connectivity index (χ0) is 18.0. The molecule has 2 aromatic heterocycles. The summed E-state index contributed by atoms with van der Waals surface area (Å²) in [6.07, 6.45) is 0. The minimum absolute atomic E-state index is 0.200. The van der Waals surface area contributed by atoms with Crippen LogP contribution < -0.4 is 5.32 Å². The SMILES string of the molecule is Cc1ccc(C)c(-n2nnnc2S[C@@H](C)C(=O)Nc2cc(C)on2)c1. The average molecular weight is 358 g/mol. The molecule has 1 aromatic carbocycles. The number of carbonyl (C=O) groups is 1. The number of hydrogen-bond donors (Lipinski definition) is 1. The number of nitrogens with one attached hydrogen (secondary N) is 1. The maximum Gasteiger partial charge on any atom is 0.238 e. The van der Waals surface area contributed by atoms with Crippen molar-refractivity contribution in [2.75, 3.05) is 5.32 Å². The van der Waals surface area contributed by atoms with Gasteiger partial charge in [-0.2, -0.15) is 4.68 Å². The monoisotopic (exact) mass is 358 g/mol. The summed E-state index contributed by atoms with van der Waals surface area (Å²) in [7, 11) is 0. The highest BCUT2D eigenvalue weighted by Gasteiger charge is 2.20. The van der Waals surface area contributed by atoms with E-state index in [2.05, 4.69) is 26.0 Å². The summed E-state index contributed by atoms with van der Waals surface area (Å²) in [5.41, 5.74) is 3.06. The highest BCUT2D eigenvalue weighted by atomic mass is 32.2. The molecule has 8 nitrogen and oxygen atoms in total. The molecule has 1 N–H and O–H groups in total. The van der Waals surface area contributed by atoms with Gasteiger partial charge in [-0.15, -0.1) is 5.10 Å². The minimum atomic E-state index is -0.410. The summed E-state index contributed by atoms with van der Waals surface area (Å²) in [6.45, 7) is 7.55. The largest absolute Gasteiger partial charge is 0.360 e. The summed E-state index contributed by atoms with van der Waals surface area (Å²) in [5, 5.41) is 18.5. The highest BCUT2D eigenvalue weighted by molar-refractivity contribution is 8.00. The van der Waals surface area contributed by atoms with E-state index in [1.54, 1.807) is 24.6 Å². The second kappa shape index (κ2) is 7.06. The van der Waals surface area contributed by atoms with Crippen LogP contribution in [0.4, 0.5) is 5.82 Å². The average Bonchev–Trinajstić information content (AvgIpc) is 3.18. The van der Waals surface area contributed by atoms with Gasteiger partial charge in [0.15, 0.2) is 5.82 Å². The quantitative estimate of drug-likeness (QED) is 0.700. The van der Waals surface area contributed by atoms with Gasteiger partial charge in [-0.1, -0.05) is 29.1 Å². The van der Waals surface area contributed by atoms with E-state index in [1.165, 1.54) is 11.8 Å². The Balaban J connectivity index is 1.76. The third-order valence-corrected chi connectivity index (χ3v) is 4.60. The molecule has 0 saturated carbocycles. The Kier molecular flexibility index (Phi) is 4.84. The minimum Gasteiger partial charge on any atom is -0.360 e. The fourth-order valence-corrected chi connectivity index (χ4v) is 3.02. The highest BCUT2D eigenvalue weighted by Crippen LogP contribution is 2.25. The van der Waals surface area contributed by atoms with Crippen molar-refractivity contribution in [3.8, 4) is 5.69 Å². The second-order valence-electron chi connectivity index (χ2n) is 5.74. The summed E-state index contributed by atoms with van der Waals surface area (Å²) < 4.78 is 6.59. The molecule has 0 aliphatic rings. The van der Waals surface area contributed by atoms with E-state index < -0.39 is 5.25 Å². The fraction of sp³-hybridized carbons (Fsp3) is 0.312. The number of aryl methyl sites for hydroxylation is 3. The smallest absolute Gasteiger partial charge is 0.238 e. The van der Waals surface area contributed by atoms with Crippen LogP contribution in [-0.4, -0.2) is 36.5 Å². The number of benzene rings is 1. The van der Waals surface area contributed by atoms with Gasteiger partial charge < -0.3 is 9.84 Å². The Morgan fingerprint density at radius 3 is 2.80 bits per heavy atom. The van der Waals surface area contributed by atoms with Crippen molar-refractivity contribution in [1.82, 2.24) is 25.4 Å². The maximum atomic E-state index is 12.3. The van der Waals surface area contributed by atoms with E-state index in [1.807, 2.05) is 32.0 Å². The molecule has 0 radical (unpaired) electrons. The summed E-state index contributed by atoms with van der Waals surface area (Å²) in [4.78, 5) is 12.3. The third-order valence-electron chi connectivity index (χ3n) is 3.56. The summed E-state index contributed by atoms with van der Waals surface area (Å²) >= 11 is 1.28. The van der Waals surface area contributed by atoms with E-state index in [0.717, 1.165) is 16.8 Å². The molecule has 9 heteroatoms. The van der Waals surface area contributed by atoms with Crippen molar-refractivity contribution in [2.24, 2.45) is 0 Å². The summed E-state index contributed by atoms with van der Waals surface area (Å²) in [6, 6.07) is 7.73. The lowest BCUT2D eigenvalue weighted by Gasteiger charge is -2.11. The molecule has 1 atom stereocenters. The Labute approximate surface area is 149 Å². The summed E-state index contributed by atoms with van der Waals surface area (Å²) in [5.74, 6) is 0.826. The number of tetrazole rings is 1. The van der Waals surface area contributed by atoms with Crippen LogP contribution in [0, 0.1) is 20.8 Å². The number of rotatable bonds is 5. The molecule has 0 fully saturated rings. The van der Waals surface area contributed by atoms with Gasteiger partial charge in [0.25, 0.3) is 0 Å². The molecule has 0 unspecified atom stereocenters. The van der Waals surface area contributed by atoms with Crippen LogP contribution in [0.1, 0.15) is 23.8 Å². The molecule has 3 rings (SSSR count). The zero-order valence-electron chi connectivity index (χ0n) is 14.3. The zero-order valence-corrected chi connectivity index (χ0v) is 15.2. The van der Waals surface area contributed by atoms with Crippen LogP contribution in [0.25, 0.3) is 5.69 Å². The van der Waals surface area contributed by atoms with Gasteiger partial charge in [-0.3, -0.25) is 4.79 Å². The van der Waals surface area contributed by atoms with Crippen LogP contribution in [0.2, 0.25) is 0 Å². The Hall–Kier alpha value is -2.68. The standard InChI is InChI=1S/C16H18N6O2S/c1-9-5-6-10(2)13(7-9)22-16(18-20-21-22)25-12(4)15(23)17-14-8-11(3)24-19-14/h5-8,12H,1-4H3,(H,17,19,23)/t12-/m0/s1. The van der Waals surface area contributed by atoms with Gasteiger partial charge in [-0.05, 0) is 55.3 Å². The Morgan fingerprint density at radius 2 is 2.08 bits per heavy atom. The number of aromatic nitrogens is 5. The first-order valence-electron chi connectivity index (χ1n) is 7.71.